The zero-order chi connectivity index (χ0) is 13.7. The minimum Gasteiger partial charge on any atom is -0.315 e. The second-order valence-corrected chi connectivity index (χ2v) is 5.16. The second-order valence-electron chi connectivity index (χ2n) is 5.16. The first-order chi connectivity index (χ1) is 9.26. The molecule has 1 N–H and O–H groups in total. The summed E-state index contributed by atoms with van der Waals surface area (Å²) >= 11 is 0. The third-order valence-electron chi connectivity index (χ3n) is 3.98. The summed E-state index contributed by atoms with van der Waals surface area (Å²) in [4.78, 5) is 6.78. The minimum atomic E-state index is -0.263. The van der Waals surface area contributed by atoms with Crippen molar-refractivity contribution in [3.63, 3.8) is 0 Å². The van der Waals surface area contributed by atoms with Gasteiger partial charge < -0.3 is 5.32 Å². The SMILES string of the molecule is CCC(c1ccc(F)cn1)N(CC)C1CCCNC1. The first kappa shape index (κ1) is 14.4. The molecular weight excluding hydrogens is 241 g/mol. The molecule has 0 radical (unpaired) electrons. The molecule has 0 aliphatic carbocycles. The highest BCUT2D eigenvalue weighted by molar-refractivity contribution is 5.10. The average Bonchev–Trinajstić information content (AvgIpc) is 2.47. The summed E-state index contributed by atoms with van der Waals surface area (Å²) in [5.74, 6) is -0.263. The molecule has 0 aromatic carbocycles. The third-order valence-corrected chi connectivity index (χ3v) is 3.98. The Hall–Kier alpha value is -1.00. The third kappa shape index (κ3) is 3.51. The van der Waals surface area contributed by atoms with Crippen molar-refractivity contribution >= 4 is 0 Å². The van der Waals surface area contributed by atoms with E-state index in [0.717, 1.165) is 31.7 Å². The fourth-order valence-electron chi connectivity index (χ4n) is 3.05. The largest absolute Gasteiger partial charge is 0.315 e. The summed E-state index contributed by atoms with van der Waals surface area (Å²) in [5, 5.41) is 3.47. The van der Waals surface area contributed by atoms with Gasteiger partial charge in [-0.2, -0.15) is 0 Å². The second kappa shape index (κ2) is 6.96. The maximum atomic E-state index is 13.0. The highest BCUT2D eigenvalue weighted by Gasteiger charge is 2.27. The van der Waals surface area contributed by atoms with Crippen LogP contribution in [0.3, 0.4) is 0 Å². The van der Waals surface area contributed by atoms with Gasteiger partial charge in [-0.05, 0) is 44.5 Å². The molecule has 19 heavy (non-hydrogen) atoms. The minimum absolute atomic E-state index is 0.263. The number of hydrogen-bond acceptors (Lipinski definition) is 3. The van der Waals surface area contributed by atoms with Crippen LogP contribution in [-0.2, 0) is 0 Å². The molecule has 1 aliphatic heterocycles. The Morgan fingerprint density at radius 3 is 2.84 bits per heavy atom. The van der Waals surface area contributed by atoms with E-state index in [4.69, 9.17) is 0 Å². The van der Waals surface area contributed by atoms with Gasteiger partial charge in [-0.25, -0.2) is 4.39 Å². The van der Waals surface area contributed by atoms with Crippen LogP contribution in [0.25, 0.3) is 0 Å². The highest BCUT2D eigenvalue weighted by Crippen LogP contribution is 2.26. The molecule has 3 nitrogen and oxygen atoms in total. The van der Waals surface area contributed by atoms with Crippen LogP contribution >= 0.6 is 0 Å². The van der Waals surface area contributed by atoms with Gasteiger partial charge in [-0.15, -0.1) is 0 Å². The van der Waals surface area contributed by atoms with Crippen LogP contribution in [0.1, 0.15) is 44.8 Å². The number of aromatic nitrogens is 1. The topological polar surface area (TPSA) is 28.2 Å². The summed E-state index contributed by atoms with van der Waals surface area (Å²) in [6, 6.07) is 4.19. The number of piperidine rings is 1. The number of pyridine rings is 1. The van der Waals surface area contributed by atoms with E-state index in [1.54, 1.807) is 0 Å². The van der Waals surface area contributed by atoms with E-state index in [-0.39, 0.29) is 11.9 Å². The maximum absolute atomic E-state index is 13.0. The summed E-state index contributed by atoms with van der Waals surface area (Å²) in [7, 11) is 0. The number of likely N-dealkylation sites (N-methyl/N-ethyl adjacent to an activating group) is 1. The van der Waals surface area contributed by atoms with E-state index in [2.05, 4.69) is 29.0 Å². The van der Waals surface area contributed by atoms with Crippen LogP contribution in [0, 0.1) is 5.82 Å². The normalized spacial score (nSPS) is 21.6. The highest BCUT2D eigenvalue weighted by atomic mass is 19.1. The predicted octanol–water partition coefficient (Wildman–Crippen LogP) is 2.75. The van der Waals surface area contributed by atoms with E-state index in [1.807, 2.05) is 6.07 Å². The standard InChI is InChI=1S/C15H24FN3/c1-3-15(14-8-7-12(16)10-18-14)19(4-2)13-6-5-9-17-11-13/h7-8,10,13,15,17H,3-6,9,11H2,1-2H3. The van der Waals surface area contributed by atoms with Crippen LogP contribution in [0.4, 0.5) is 4.39 Å². The Morgan fingerprint density at radius 1 is 1.47 bits per heavy atom. The van der Waals surface area contributed by atoms with Crippen molar-refractivity contribution < 1.29 is 4.39 Å². The van der Waals surface area contributed by atoms with Crippen molar-refractivity contribution in [1.29, 1.82) is 0 Å². The number of hydrogen-bond donors (Lipinski definition) is 1. The molecule has 2 unspecified atom stereocenters. The fraction of sp³-hybridized carbons (Fsp3) is 0.667. The molecular formula is C15H24FN3. The lowest BCUT2D eigenvalue weighted by Gasteiger charge is -2.39. The molecule has 2 atom stereocenters. The lowest BCUT2D eigenvalue weighted by molar-refractivity contribution is 0.113. The van der Waals surface area contributed by atoms with E-state index < -0.39 is 0 Å². The first-order valence-electron chi connectivity index (χ1n) is 7.34. The maximum Gasteiger partial charge on any atom is 0.141 e. The fourth-order valence-corrected chi connectivity index (χ4v) is 3.05. The zero-order valence-corrected chi connectivity index (χ0v) is 11.9. The van der Waals surface area contributed by atoms with Gasteiger partial charge in [0.1, 0.15) is 5.82 Å². The lowest BCUT2D eigenvalue weighted by atomic mass is 10.0. The summed E-state index contributed by atoms with van der Waals surface area (Å²) in [6.45, 7) is 7.55. The Morgan fingerprint density at radius 2 is 2.32 bits per heavy atom. The van der Waals surface area contributed by atoms with Crippen molar-refractivity contribution in [2.24, 2.45) is 0 Å². The molecule has 2 heterocycles. The quantitative estimate of drug-likeness (QED) is 0.887. The molecule has 0 amide bonds. The van der Waals surface area contributed by atoms with Gasteiger partial charge in [0, 0.05) is 12.6 Å². The number of rotatable bonds is 5. The average molecular weight is 265 g/mol. The summed E-state index contributed by atoms with van der Waals surface area (Å²) in [5.41, 5.74) is 0.983. The molecule has 106 valence electrons. The molecule has 1 aromatic heterocycles. The first-order valence-corrected chi connectivity index (χ1v) is 7.34. The van der Waals surface area contributed by atoms with Gasteiger partial charge in [0.25, 0.3) is 0 Å². The molecule has 1 saturated heterocycles. The van der Waals surface area contributed by atoms with E-state index >= 15 is 0 Å². The molecule has 0 bridgehead atoms. The van der Waals surface area contributed by atoms with Gasteiger partial charge in [0.05, 0.1) is 17.9 Å². The Bertz CT molecular complexity index is 373. The van der Waals surface area contributed by atoms with E-state index in [1.165, 1.54) is 25.1 Å². The van der Waals surface area contributed by atoms with Crippen molar-refractivity contribution in [3.8, 4) is 0 Å². The van der Waals surface area contributed by atoms with Gasteiger partial charge in [-0.3, -0.25) is 9.88 Å². The van der Waals surface area contributed by atoms with E-state index in [9.17, 15) is 4.39 Å². The van der Waals surface area contributed by atoms with Crippen LogP contribution < -0.4 is 5.32 Å². The molecule has 1 aliphatic rings. The number of nitrogens with zero attached hydrogens (tertiary/aromatic N) is 2. The molecule has 1 fully saturated rings. The van der Waals surface area contributed by atoms with Crippen molar-refractivity contribution in [3.05, 3.63) is 29.8 Å². The Labute approximate surface area is 115 Å². The van der Waals surface area contributed by atoms with E-state index in [0.29, 0.717) is 6.04 Å². The van der Waals surface area contributed by atoms with Gasteiger partial charge in [-0.1, -0.05) is 13.8 Å². The van der Waals surface area contributed by atoms with Crippen molar-refractivity contribution in [2.45, 2.75) is 45.2 Å². The molecule has 0 spiro atoms. The van der Waals surface area contributed by atoms with Crippen molar-refractivity contribution in [1.82, 2.24) is 15.2 Å². The smallest absolute Gasteiger partial charge is 0.141 e. The van der Waals surface area contributed by atoms with Crippen molar-refractivity contribution in [2.75, 3.05) is 19.6 Å². The van der Waals surface area contributed by atoms with Crippen LogP contribution in [-0.4, -0.2) is 35.6 Å². The zero-order valence-electron chi connectivity index (χ0n) is 11.9. The Kier molecular flexibility index (Phi) is 5.28. The molecule has 0 saturated carbocycles. The molecule has 4 heteroatoms. The number of nitrogens with one attached hydrogen (secondary N) is 1. The number of halogens is 1. The van der Waals surface area contributed by atoms with Crippen LogP contribution in [0.5, 0.6) is 0 Å². The van der Waals surface area contributed by atoms with Gasteiger partial charge in [0.15, 0.2) is 0 Å². The predicted molar refractivity (Wildman–Crippen MR) is 75.5 cm³/mol. The molecule has 1 aromatic rings. The summed E-state index contributed by atoms with van der Waals surface area (Å²) < 4.78 is 13.0. The monoisotopic (exact) mass is 265 g/mol. The van der Waals surface area contributed by atoms with Crippen LogP contribution in [0.2, 0.25) is 0 Å². The van der Waals surface area contributed by atoms with Gasteiger partial charge in [0.2, 0.25) is 0 Å². The summed E-state index contributed by atoms with van der Waals surface area (Å²) in [6.07, 6.45) is 4.79. The molecule has 2 rings (SSSR count). The lowest BCUT2D eigenvalue weighted by Crippen LogP contribution is -2.47. The van der Waals surface area contributed by atoms with Crippen LogP contribution in [0.15, 0.2) is 18.3 Å². The Balaban J connectivity index is 2.15. The van der Waals surface area contributed by atoms with Gasteiger partial charge >= 0.3 is 0 Å².